The normalized spacial score (nSPS) is 18.1. The van der Waals surface area contributed by atoms with Crippen LogP contribution in [-0.4, -0.2) is 65.4 Å². The van der Waals surface area contributed by atoms with Crippen molar-refractivity contribution in [2.45, 2.75) is 26.3 Å². The van der Waals surface area contributed by atoms with Gasteiger partial charge in [-0.05, 0) is 68.9 Å². The van der Waals surface area contributed by atoms with Crippen molar-refractivity contribution in [3.8, 4) is 5.75 Å². The number of carbonyl (C=O) groups is 2. The molecule has 0 radical (unpaired) electrons. The van der Waals surface area contributed by atoms with E-state index in [4.69, 9.17) is 4.74 Å². The molecule has 1 amide bonds. The average molecular weight is 438 g/mol. The van der Waals surface area contributed by atoms with Crippen molar-refractivity contribution >= 4 is 17.4 Å². The maximum Gasteiger partial charge on any atom is 0.295 e. The number of rotatable bonds is 9. The van der Waals surface area contributed by atoms with Gasteiger partial charge in [-0.15, -0.1) is 0 Å². The summed E-state index contributed by atoms with van der Waals surface area (Å²) in [6.07, 6.45) is 3.97. The second-order valence-electron chi connectivity index (χ2n) is 8.66. The number of aliphatic hydroxyl groups is 1. The molecule has 3 rings (SSSR count). The molecule has 0 bridgehead atoms. The molecule has 7 nitrogen and oxygen atoms in total. The first-order valence-electron chi connectivity index (χ1n) is 10.9. The number of aliphatic hydroxyl groups excluding tert-OH is 1. The lowest BCUT2D eigenvalue weighted by molar-refractivity contribution is -0.139. The summed E-state index contributed by atoms with van der Waals surface area (Å²) in [7, 11) is 3.92. The Morgan fingerprint density at radius 2 is 1.91 bits per heavy atom. The number of nitrogens with zero attached hydrogens (tertiary/aromatic N) is 3. The van der Waals surface area contributed by atoms with Gasteiger partial charge in [-0.2, -0.15) is 0 Å². The van der Waals surface area contributed by atoms with E-state index >= 15 is 0 Å². The largest absolute Gasteiger partial charge is 0.507 e. The fourth-order valence-corrected chi connectivity index (χ4v) is 3.68. The summed E-state index contributed by atoms with van der Waals surface area (Å²) < 4.78 is 5.70. The number of carbonyl (C=O) groups excluding carboxylic acids is 2. The number of aromatic nitrogens is 1. The third-order valence-electron chi connectivity index (χ3n) is 5.26. The van der Waals surface area contributed by atoms with Gasteiger partial charge in [0.25, 0.3) is 11.7 Å². The van der Waals surface area contributed by atoms with E-state index in [2.05, 4.69) is 18.8 Å². The Morgan fingerprint density at radius 3 is 2.50 bits per heavy atom. The Hall–Kier alpha value is -3.19. The molecule has 1 aliphatic rings. The van der Waals surface area contributed by atoms with Crippen LogP contribution in [-0.2, 0) is 9.59 Å². The minimum Gasteiger partial charge on any atom is -0.507 e. The maximum atomic E-state index is 13.0. The average Bonchev–Trinajstić information content (AvgIpc) is 3.03. The lowest BCUT2D eigenvalue weighted by atomic mass is 9.96. The number of amides is 1. The van der Waals surface area contributed by atoms with Crippen LogP contribution < -0.4 is 4.74 Å². The molecule has 2 aromatic rings. The monoisotopic (exact) mass is 437 g/mol. The van der Waals surface area contributed by atoms with Gasteiger partial charge >= 0.3 is 0 Å². The van der Waals surface area contributed by atoms with Crippen molar-refractivity contribution in [1.29, 1.82) is 0 Å². The zero-order valence-electron chi connectivity index (χ0n) is 19.1. The Kier molecular flexibility index (Phi) is 7.64. The van der Waals surface area contributed by atoms with Crippen molar-refractivity contribution in [2.24, 2.45) is 5.92 Å². The van der Waals surface area contributed by atoms with Gasteiger partial charge in [0.2, 0.25) is 0 Å². The minimum absolute atomic E-state index is 0.0868. The summed E-state index contributed by atoms with van der Waals surface area (Å²) in [4.78, 5) is 33.6. The predicted octanol–water partition coefficient (Wildman–Crippen LogP) is 3.49. The zero-order chi connectivity index (χ0) is 23.3. The Labute approximate surface area is 189 Å². The molecular formula is C25H31N3O4. The van der Waals surface area contributed by atoms with Crippen LogP contribution in [0.5, 0.6) is 5.75 Å². The van der Waals surface area contributed by atoms with Crippen molar-refractivity contribution in [2.75, 3.05) is 33.8 Å². The third kappa shape index (κ3) is 5.34. The molecule has 170 valence electrons. The second-order valence-corrected chi connectivity index (χ2v) is 8.66. The predicted molar refractivity (Wildman–Crippen MR) is 123 cm³/mol. The number of hydrogen-bond acceptors (Lipinski definition) is 6. The molecule has 1 atom stereocenters. The summed E-state index contributed by atoms with van der Waals surface area (Å²) in [6.45, 7) is 5.90. The van der Waals surface area contributed by atoms with Crippen molar-refractivity contribution in [3.05, 3.63) is 65.5 Å². The molecular weight excluding hydrogens is 406 g/mol. The van der Waals surface area contributed by atoms with Crippen LogP contribution in [0.25, 0.3) is 5.76 Å². The fraction of sp³-hybridized carbons (Fsp3) is 0.400. The van der Waals surface area contributed by atoms with E-state index in [0.29, 0.717) is 42.4 Å². The number of hydrogen-bond donors (Lipinski definition) is 1. The molecule has 7 heteroatoms. The molecule has 0 aliphatic carbocycles. The van der Waals surface area contributed by atoms with Crippen LogP contribution in [0.3, 0.4) is 0 Å². The first-order valence-corrected chi connectivity index (χ1v) is 10.9. The van der Waals surface area contributed by atoms with Crippen LogP contribution in [0.2, 0.25) is 0 Å². The number of ketones is 1. The van der Waals surface area contributed by atoms with Gasteiger partial charge in [0.15, 0.2) is 0 Å². The summed E-state index contributed by atoms with van der Waals surface area (Å²) in [5.41, 5.74) is 1.24. The number of benzene rings is 1. The first kappa shape index (κ1) is 23.5. The molecule has 0 unspecified atom stereocenters. The molecule has 32 heavy (non-hydrogen) atoms. The van der Waals surface area contributed by atoms with Gasteiger partial charge in [0.1, 0.15) is 11.5 Å². The fourth-order valence-electron chi connectivity index (χ4n) is 3.68. The summed E-state index contributed by atoms with van der Waals surface area (Å²) in [6, 6.07) is 9.81. The van der Waals surface area contributed by atoms with E-state index in [0.717, 1.165) is 6.54 Å². The van der Waals surface area contributed by atoms with E-state index in [1.807, 2.05) is 25.1 Å². The topological polar surface area (TPSA) is 83.0 Å². The molecule has 1 aliphatic heterocycles. The molecule has 1 aromatic heterocycles. The highest BCUT2D eigenvalue weighted by atomic mass is 16.5. The lowest BCUT2D eigenvalue weighted by Gasteiger charge is -2.25. The van der Waals surface area contributed by atoms with Gasteiger partial charge in [0.05, 0.1) is 18.2 Å². The molecule has 1 aromatic carbocycles. The van der Waals surface area contributed by atoms with Gasteiger partial charge in [-0.3, -0.25) is 14.6 Å². The van der Waals surface area contributed by atoms with E-state index in [1.165, 1.54) is 4.90 Å². The molecule has 2 heterocycles. The standard InChI is InChI=1S/C25H31N3O4/c1-17(2)16-32-20-10-8-18(9-11-20)23(29)21-22(19-7-5-12-26-15-19)28(25(31)24(21)30)14-6-13-27(3)4/h5,7-12,15,17,22,29H,6,13-14,16H2,1-4H3/t22-/m0/s1. The van der Waals surface area contributed by atoms with Crippen LogP contribution >= 0.6 is 0 Å². The van der Waals surface area contributed by atoms with Gasteiger partial charge < -0.3 is 19.6 Å². The van der Waals surface area contributed by atoms with Crippen LogP contribution in [0, 0.1) is 5.92 Å². The number of Topliss-reactive ketones (excluding diaryl/α,β-unsaturated/α-hetero) is 1. The highest BCUT2D eigenvalue weighted by Crippen LogP contribution is 2.39. The molecule has 1 saturated heterocycles. The van der Waals surface area contributed by atoms with Crippen molar-refractivity contribution < 1.29 is 19.4 Å². The molecule has 0 saturated carbocycles. The summed E-state index contributed by atoms with van der Waals surface area (Å²) in [5, 5.41) is 11.1. The van der Waals surface area contributed by atoms with E-state index in [-0.39, 0.29) is 11.3 Å². The van der Waals surface area contributed by atoms with Gasteiger partial charge in [0, 0.05) is 24.5 Å². The van der Waals surface area contributed by atoms with Crippen LogP contribution in [0.15, 0.2) is 54.4 Å². The van der Waals surface area contributed by atoms with E-state index in [9.17, 15) is 14.7 Å². The summed E-state index contributed by atoms with van der Waals surface area (Å²) >= 11 is 0. The lowest BCUT2D eigenvalue weighted by Crippen LogP contribution is -2.32. The molecule has 0 spiro atoms. The molecule has 1 N–H and O–H groups in total. The smallest absolute Gasteiger partial charge is 0.295 e. The van der Waals surface area contributed by atoms with Crippen LogP contribution in [0.4, 0.5) is 0 Å². The second kappa shape index (κ2) is 10.4. The van der Waals surface area contributed by atoms with Crippen molar-refractivity contribution in [1.82, 2.24) is 14.8 Å². The third-order valence-corrected chi connectivity index (χ3v) is 5.26. The Balaban J connectivity index is 1.96. The van der Waals surface area contributed by atoms with Gasteiger partial charge in [-0.1, -0.05) is 19.9 Å². The SMILES string of the molecule is CC(C)COc1ccc(C(O)=C2C(=O)C(=O)N(CCCN(C)C)[C@H]2c2cccnc2)cc1. The Bertz CT molecular complexity index is 968. The summed E-state index contributed by atoms with van der Waals surface area (Å²) in [5.74, 6) is -0.394. The number of ether oxygens (including phenoxy) is 1. The van der Waals surface area contributed by atoms with E-state index < -0.39 is 17.7 Å². The minimum atomic E-state index is -0.679. The Morgan fingerprint density at radius 1 is 1.19 bits per heavy atom. The first-order chi connectivity index (χ1) is 15.3. The van der Waals surface area contributed by atoms with E-state index in [1.54, 1.807) is 42.7 Å². The van der Waals surface area contributed by atoms with Crippen molar-refractivity contribution in [3.63, 3.8) is 0 Å². The maximum absolute atomic E-state index is 13.0. The number of pyridine rings is 1. The molecule has 1 fully saturated rings. The highest BCUT2D eigenvalue weighted by Gasteiger charge is 2.45. The van der Waals surface area contributed by atoms with Gasteiger partial charge in [-0.25, -0.2) is 0 Å². The number of likely N-dealkylation sites (tertiary alicyclic amines) is 1. The highest BCUT2D eigenvalue weighted by molar-refractivity contribution is 6.46. The van der Waals surface area contributed by atoms with Crippen LogP contribution in [0.1, 0.15) is 37.4 Å². The zero-order valence-corrected chi connectivity index (χ0v) is 19.1. The quantitative estimate of drug-likeness (QED) is 0.367.